The van der Waals surface area contributed by atoms with Crippen LogP contribution in [0.2, 0.25) is 0 Å². The van der Waals surface area contributed by atoms with Crippen molar-refractivity contribution in [2.45, 2.75) is 19.4 Å². The van der Waals surface area contributed by atoms with Crippen molar-refractivity contribution in [2.24, 2.45) is 0 Å². The molecule has 1 aromatic rings. The molecule has 0 aromatic heterocycles. The maximum Gasteiger partial charge on any atom is 0.0233 e. The summed E-state index contributed by atoms with van der Waals surface area (Å²) in [6.07, 6.45) is 10.8. The van der Waals surface area contributed by atoms with Gasteiger partial charge in [0.05, 0.1) is 0 Å². The third kappa shape index (κ3) is 3.24. The first-order valence-corrected chi connectivity index (χ1v) is 5.05. The van der Waals surface area contributed by atoms with Gasteiger partial charge >= 0.3 is 0 Å². The van der Waals surface area contributed by atoms with Gasteiger partial charge in [-0.15, -0.1) is 12.8 Å². The van der Waals surface area contributed by atoms with Gasteiger partial charge < -0.3 is 0 Å². The Morgan fingerprint density at radius 3 is 2.14 bits per heavy atom. The summed E-state index contributed by atoms with van der Waals surface area (Å²) in [5, 5.41) is 0. The van der Waals surface area contributed by atoms with Crippen molar-refractivity contribution in [3.8, 4) is 12.8 Å². The molecule has 0 radical (unpaired) electrons. The number of nitrogens with zero attached hydrogens (tertiary/aromatic N) is 1. The van der Waals surface area contributed by atoms with Crippen LogP contribution in [0.15, 0.2) is 30.3 Å². The zero-order valence-corrected chi connectivity index (χ0v) is 8.52. The van der Waals surface area contributed by atoms with Gasteiger partial charge in [0, 0.05) is 6.54 Å². The molecule has 1 heteroatoms. The molecule has 74 valence electrons. The van der Waals surface area contributed by atoms with Crippen LogP contribution in [0.1, 0.15) is 18.4 Å². The monoisotopic (exact) mass is 187 g/mol. The van der Waals surface area contributed by atoms with Gasteiger partial charge in [0.15, 0.2) is 0 Å². The fraction of sp³-hybridized carbons (Fsp3) is 0.385. The van der Waals surface area contributed by atoms with E-state index in [0.717, 1.165) is 6.54 Å². The van der Waals surface area contributed by atoms with Crippen LogP contribution < -0.4 is 0 Å². The van der Waals surface area contributed by atoms with Crippen molar-refractivity contribution in [3.63, 3.8) is 0 Å². The first-order chi connectivity index (χ1) is 6.95. The number of benzene rings is 1. The fourth-order valence-electron chi connectivity index (χ4n) is 1.78. The first-order valence-electron chi connectivity index (χ1n) is 5.05. The zero-order chi connectivity index (χ0) is 10.2. The van der Waals surface area contributed by atoms with Crippen LogP contribution in [0.3, 0.4) is 0 Å². The van der Waals surface area contributed by atoms with Crippen LogP contribution in [-0.2, 0) is 6.54 Å². The van der Waals surface area contributed by atoms with E-state index in [1.54, 1.807) is 0 Å². The highest BCUT2D eigenvalue weighted by Crippen LogP contribution is 2.11. The lowest BCUT2D eigenvalue weighted by atomic mass is 10.2. The average molecular weight is 187 g/mol. The van der Waals surface area contributed by atoms with E-state index in [0.29, 0.717) is 0 Å². The molecular formula is C13H17N. The summed E-state index contributed by atoms with van der Waals surface area (Å²) in [7, 11) is 0. The van der Waals surface area contributed by atoms with E-state index in [-0.39, 0.29) is 0 Å². The molecule has 0 saturated carbocycles. The van der Waals surface area contributed by atoms with Crippen LogP contribution in [0.4, 0.5) is 0 Å². The highest BCUT2D eigenvalue weighted by molar-refractivity contribution is 5.14. The molecule has 0 N–H and O–H groups in total. The van der Waals surface area contributed by atoms with Crippen molar-refractivity contribution in [3.05, 3.63) is 35.9 Å². The molecule has 0 unspecified atom stereocenters. The Balaban J connectivity index is 0.000000461. The molecule has 1 aliphatic rings. The Morgan fingerprint density at radius 1 is 1.00 bits per heavy atom. The molecule has 0 spiro atoms. The lowest BCUT2D eigenvalue weighted by Crippen LogP contribution is -2.18. The molecule has 1 nitrogen and oxygen atoms in total. The van der Waals surface area contributed by atoms with Gasteiger partial charge in [-0.3, -0.25) is 4.90 Å². The van der Waals surface area contributed by atoms with Crippen LogP contribution >= 0.6 is 0 Å². The SMILES string of the molecule is C#C.c1ccc(CN2CCCC2)cc1. The Hall–Kier alpha value is -1.26. The maximum atomic E-state index is 4.00. The van der Waals surface area contributed by atoms with Gasteiger partial charge in [-0.1, -0.05) is 30.3 Å². The second-order valence-corrected chi connectivity index (χ2v) is 3.47. The topological polar surface area (TPSA) is 3.24 Å². The summed E-state index contributed by atoms with van der Waals surface area (Å²) in [6.45, 7) is 3.71. The van der Waals surface area contributed by atoms with Gasteiger partial charge in [-0.05, 0) is 31.5 Å². The first kappa shape index (κ1) is 10.8. The van der Waals surface area contributed by atoms with Crippen molar-refractivity contribution >= 4 is 0 Å². The number of hydrogen-bond donors (Lipinski definition) is 0. The standard InChI is InChI=1S/C11H15N.C2H2/c1-2-6-11(7-3-1)10-12-8-4-5-9-12;1-2/h1-3,6-7H,4-5,8-10H2;1-2H. The fourth-order valence-corrected chi connectivity index (χ4v) is 1.78. The summed E-state index contributed by atoms with van der Waals surface area (Å²) >= 11 is 0. The van der Waals surface area contributed by atoms with Crippen molar-refractivity contribution in [2.75, 3.05) is 13.1 Å². The molecule has 0 amide bonds. The van der Waals surface area contributed by atoms with Crippen LogP contribution in [-0.4, -0.2) is 18.0 Å². The largest absolute Gasteiger partial charge is 0.299 e. The molecule has 1 saturated heterocycles. The van der Waals surface area contributed by atoms with Crippen LogP contribution in [0, 0.1) is 12.8 Å². The Labute approximate surface area is 86.7 Å². The van der Waals surface area contributed by atoms with Crippen molar-refractivity contribution in [1.29, 1.82) is 0 Å². The minimum absolute atomic E-state index is 1.14. The highest BCUT2D eigenvalue weighted by Gasteiger charge is 2.10. The summed E-state index contributed by atoms with van der Waals surface area (Å²) in [5.74, 6) is 0. The number of terminal acetylenes is 1. The summed E-state index contributed by atoms with van der Waals surface area (Å²) < 4.78 is 0. The summed E-state index contributed by atoms with van der Waals surface area (Å²) in [6, 6.07) is 10.7. The highest BCUT2D eigenvalue weighted by atomic mass is 15.1. The summed E-state index contributed by atoms with van der Waals surface area (Å²) in [5.41, 5.74) is 1.44. The van der Waals surface area contributed by atoms with Gasteiger partial charge in [0.1, 0.15) is 0 Å². The Kier molecular flexibility index (Phi) is 4.82. The smallest absolute Gasteiger partial charge is 0.0233 e. The lowest BCUT2D eigenvalue weighted by molar-refractivity contribution is 0.331. The molecule has 14 heavy (non-hydrogen) atoms. The third-order valence-electron chi connectivity index (χ3n) is 2.45. The van der Waals surface area contributed by atoms with Crippen LogP contribution in [0.25, 0.3) is 0 Å². The van der Waals surface area contributed by atoms with Gasteiger partial charge in [0.2, 0.25) is 0 Å². The Bertz CT molecular complexity index is 257. The molecule has 1 aliphatic heterocycles. The van der Waals surface area contributed by atoms with E-state index in [1.807, 2.05) is 0 Å². The quantitative estimate of drug-likeness (QED) is 0.643. The number of hydrogen-bond acceptors (Lipinski definition) is 1. The Morgan fingerprint density at radius 2 is 1.57 bits per heavy atom. The molecule has 0 bridgehead atoms. The predicted octanol–water partition coefficient (Wildman–Crippen LogP) is 2.53. The third-order valence-corrected chi connectivity index (χ3v) is 2.45. The van der Waals surface area contributed by atoms with Crippen LogP contribution in [0.5, 0.6) is 0 Å². The lowest BCUT2D eigenvalue weighted by Gasteiger charge is -2.13. The predicted molar refractivity (Wildman–Crippen MR) is 60.8 cm³/mol. The minimum atomic E-state index is 1.14. The second-order valence-electron chi connectivity index (χ2n) is 3.47. The number of likely N-dealkylation sites (tertiary alicyclic amines) is 1. The van der Waals surface area contributed by atoms with E-state index in [1.165, 1.54) is 31.5 Å². The second kappa shape index (κ2) is 6.23. The molecular weight excluding hydrogens is 170 g/mol. The molecule has 1 heterocycles. The van der Waals surface area contributed by atoms with E-state index in [4.69, 9.17) is 0 Å². The maximum absolute atomic E-state index is 4.00. The van der Waals surface area contributed by atoms with Gasteiger partial charge in [-0.2, -0.15) is 0 Å². The van der Waals surface area contributed by atoms with Crippen molar-refractivity contribution in [1.82, 2.24) is 4.90 Å². The molecule has 1 fully saturated rings. The van der Waals surface area contributed by atoms with Gasteiger partial charge in [-0.25, -0.2) is 0 Å². The summed E-state index contributed by atoms with van der Waals surface area (Å²) in [4.78, 5) is 2.52. The van der Waals surface area contributed by atoms with Gasteiger partial charge in [0.25, 0.3) is 0 Å². The van der Waals surface area contributed by atoms with Crippen molar-refractivity contribution < 1.29 is 0 Å². The molecule has 1 aromatic carbocycles. The van der Waals surface area contributed by atoms with E-state index < -0.39 is 0 Å². The molecule has 2 rings (SSSR count). The molecule has 0 aliphatic carbocycles. The zero-order valence-electron chi connectivity index (χ0n) is 8.52. The average Bonchev–Trinajstić information content (AvgIpc) is 2.75. The normalized spacial score (nSPS) is 15.9. The minimum Gasteiger partial charge on any atom is -0.299 e. The van der Waals surface area contributed by atoms with E-state index >= 15 is 0 Å². The number of rotatable bonds is 2. The van der Waals surface area contributed by atoms with E-state index in [9.17, 15) is 0 Å². The van der Waals surface area contributed by atoms with E-state index in [2.05, 4.69) is 48.1 Å². The molecule has 0 atom stereocenters.